The van der Waals surface area contributed by atoms with Gasteiger partial charge in [-0.3, -0.25) is 0 Å². The van der Waals surface area contributed by atoms with Crippen LogP contribution in [0.2, 0.25) is 0 Å². The number of methoxy groups -OCH3 is 2. The first-order chi connectivity index (χ1) is 4.86. The maximum atomic E-state index is 4.94. The van der Waals surface area contributed by atoms with Gasteiger partial charge in [0.15, 0.2) is 0 Å². The van der Waals surface area contributed by atoms with Crippen LogP contribution in [0, 0.1) is 0 Å². The zero-order valence-corrected chi connectivity index (χ0v) is 5.90. The fourth-order valence-corrected chi connectivity index (χ4v) is 0.535. The topological polar surface area (TPSA) is 46.2 Å². The van der Waals surface area contributed by atoms with Crippen LogP contribution in [0.15, 0.2) is 0 Å². The van der Waals surface area contributed by atoms with Crippen molar-refractivity contribution in [3.8, 4) is 0 Å². The minimum Gasteiger partial charge on any atom is -0.351 e. The first-order valence-electron chi connectivity index (χ1n) is 2.86. The lowest BCUT2D eigenvalue weighted by Crippen LogP contribution is -2.35. The van der Waals surface area contributed by atoms with Crippen molar-refractivity contribution in [2.45, 2.75) is 12.8 Å². The van der Waals surface area contributed by atoms with E-state index in [-0.39, 0.29) is 0 Å². The second kappa shape index (κ2) is 3.85. The van der Waals surface area contributed by atoms with Gasteiger partial charge in [0.1, 0.15) is 6.61 Å². The predicted molar refractivity (Wildman–Crippen MR) is 29.7 cm³/mol. The number of ether oxygens (including phenoxy) is 3. The molecule has 0 aromatic carbocycles. The van der Waals surface area contributed by atoms with Crippen molar-refractivity contribution in [3.05, 3.63) is 0 Å². The molecule has 0 aliphatic carbocycles. The molecule has 60 valence electrons. The summed E-state index contributed by atoms with van der Waals surface area (Å²) in [6.07, 6.45) is -0.452. The third-order valence-electron chi connectivity index (χ3n) is 1.07. The Morgan fingerprint density at radius 1 is 1.20 bits per heavy atom. The predicted octanol–water partition coefficient (Wildman–Crippen LogP) is -0.133. The van der Waals surface area contributed by atoms with Gasteiger partial charge in [-0.2, -0.15) is 9.78 Å². The van der Waals surface area contributed by atoms with Gasteiger partial charge in [-0.25, -0.2) is 0 Å². The van der Waals surface area contributed by atoms with E-state index in [0.717, 1.165) is 0 Å². The molecule has 0 radical (unpaired) electrons. The summed E-state index contributed by atoms with van der Waals surface area (Å²) in [5.74, 6) is 0. The maximum Gasteiger partial charge on any atom is 0.301 e. The Morgan fingerprint density at radius 2 is 2.00 bits per heavy atom. The van der Waals surface area contributed by atoms with Crippen molar-refractivity contribution < 1.29 is 24.0 Å². The Bertz CT molecular complexity index is 76.0. The fraction of sp³-hybridized carbons (Fsp3) is 1.00. The van der Waals surface area contributed by atoms with Gasteiger partial charge in [0.05, 0.1) is 0 Å². The van der Waals surface area contributed by atoms with E-state index in [1.165, 1.54) is 14.2 Å². The highest BCUT2D eigenvalue weighted by Crippen LogP contribution is 2.08. The lowest BCUT2D eigenvalue weighted by molar-refractivity contribution is -0.519. The molecule has 1 fully saturated rings. The highest BCUT2D eigenvalue weighted by Gasteiger charge is 2.22. The number of hydrogen-bond acceptors (Lipinski definition) is 5. The van der Waals surface area contributed by atoms with E-state index < -0.39 is 12.8 Å². The molecule has 0 bridgehead atoms. The van der Waals surface area contributed by atoms with Crippen molar-refractivity contribution in [2.24, 2.45) is 0 Å². The van der Waals surface area contributed by atoms with Crippen LogP contribution in [0.3, 0.4) is 0 Å². The summed E-state index contributed by atoms with van der Waals surface area (Å²) in [6, 6.07) is 0. The van der Waals surface area contributed by atoms with Crippen LogP contribution in [0.25, 0.3) is 0 Å². The first kappa shape index (κ1) is 7.90. The molecule has 2 atom stereocenters. The van der Waals surface area contributed by atoms with Crippen LogP contribution in [-0.2, 0) is 24.0 Å². The molecular formula is C5H10O5. The van der Waals surface area contributed by atoms with Gasteiger partial charge in [-0.15, -0.1) is 0 Å². The molecule has 1 heterocycles. The second-order valence-electron chi connectivity index (χ2n) is 1.72. The van der Waals surface area contributed by atoms with Crippen LogP contribution < -0.4 is 0 Å². The van der Waals surface area contributed by atoms with E-state index in [2.05, 4.69) is 14.5 Å². The average molecular weight is 150 g/mol. The SMILES string of the molecule is CO[C@@H]1CO[C@@H](OC)OO1. The van der Waals surface area contributed by atoms with E-state index >= 15 is 0 Å². The Hall–Kier alpha value is -0.200. The minimum absolute atomic E-state index is 0.314. The number of hydrogen-bond donors (Lipinski definition) is 0. The quantitative estimate of drug-likeness (QED) is 0.513. The standard InChI is InChI=1S/C5H10O5/c1-6-4-3-8-5(7-2)10-9-4/h4-5H,3H2,1-2H3/t4-,5+/m0/s1. The van der Waals surface area contributed by atoms with E-state index in [0.29, 0.717) is 6.61 Å². The Kier molecular flexibility index (Phi) is 3.04. The van der Waals surface area contributed by atoms with Crippen molar-refractivity contribution in [1.82, 2.24) is 0 Å². The Labute approximate surface area is 58.7 Å². The molecule has 5 heteroatoms. The molecule has 1 aliphatic rings. The van der Waals surface area contributed by atoms with Crippen LogP contribution in [-0.4, -0.2) is 33.6 Å². The van der Waals surface area contributed by atoms with E-state index in [9.17, 15) is 0 Å². The van der Waals surface area contributed by atoms with Crippen molar-refractivity contribution >= 4 is 0 Å². The summed E-state index contributed by atoms with van der Waals surface area (Å²) in [5, 5.41) is 0. The molecule has 1 aliphatic heterocycles. The van der Waals surface area contributed by atoms with E-state index in [1.54, 1.807) is 0 Å². The molecule has 1 rings (SSSR count). The Morgan fingerprint density at radius 3 is 2.40 bits per heavy atom. The monoisotopic (exact) mass is 150 g/mol. The highest BCUT2D eigenvalue weighted by atomic mass is 17.3. The van der Waals surface area contributed by atoms with Crippen molar-refractivity contribution in [1.29, 1.82) is 0 Å². The smallest absolute Gasteiger partial charge is 0.301 e. The van der Waals surface area contributed by atoms with Gasteiger partial charge >= 0.3 is 6.48 Å². The molecule has 0 N–H and O–H groups in total. The van der Waals surface area contributed by atoms with Crippen molar-refractivity contribution in [2.75, 3.05) is 20.8 Å². The van der Waals surface area contributed by atoms with E-state index in [1.807, 2.05) is 0 Å². The molecule has 10 heavy (non-hydrogen) atoms. The molecule has 0 amide bonds. The highest BCUT2D eigenvalue weighted by molar-refractivity contribution is 4.39. The second-order valence-corrected chi connectivity index (χ2v) is 1.72. The van der Waals surface area contributed by atoms with Gasteiger partial charge in [0, 0.05) is 14.2 Å². The van der Waals surface area contributed by atoms with Crippen LogP contribution in [0.4, 0.5) is 0 Å². The summed E-state index contributed by atoms with van der Waals surface area (Å²) in [4.78, 5) is 9.22. The molecule has 0 spiro atoms. The van der Waals surface area contributed by atoms with Crippen LogP contribution >= 0.6 is 0 Å². The van der Waals surface area contributed by atoms with Crippen molar-refractivity contribution in [3.63, 3.8) is 0 Å². The average Bonchev–Trinajstić information content (AvgIpc) is 2.05. The first-order valence-corrected chi connectivity index (χ1v) is 2.86. The third-order valence-corrected chi connectivity index (χ3v) is 1.07. The molecule has 0 unspecified atom stereocenters. The van der Waals surface area contributed by atoms with E-state index in [4.69, 9.17) is 9.47 Å². The Balaban J connectivity index is 2.17. The van der Waals surface area contributed by atoms with Gasteiger partial charge in [0.25, 0.3) is 0 Å². The zero-order chi connectivity index (χ0) is 7.40. The van der Waals surface area contributed by atoms with Gasteiger partial charge < -0.3 is 14.2 Å². The molecule has 1 saturated heterocycles. The molecular weight excluding hydrogens is 140 g/mol. The fourth-order valence-electron chi connectivity index (χ4n) is 0.535. The molecule has 5 nitrogen and oxygen atoms in total. The van der Waals surface area contributed by atoms with Crippen LogP contribution in [0.5, 0.6) is 0 Å². The molecule has 0 aromatic rings. The van der Waals surface area contributed by atoms with Gasteiger partial charge in [-0.1, -0.05) is 0 Å². The van der Waals surface area contributed by atoms with Gasteiger partial charge in [-0.05, 0) is 0 Å². The summed E-state index contributed by atoms with van der Waals surface area (Å²) >= 11 is 0. The lowest BCUT2D eigenvalue weighted by atomic mass is 10.7. The summed E-state index contributed by atoms with van der Waals surface area (Å²) in [6.45, 7) is -0.416. The minimum atomic E-state index is -0.730. The summed E-state index contributed by atoms with van der Waals surface area (Å²) in [5.41, 5.74) is 0. The number of rotatable bonds is 2. The lowest BCUT2D eigenvalue weighted by Gasteiger charge is -2.25. The summed E-state index contributed by atoms with van der Waals surface area (Å²) < 4.78 is 14.4. The van der Waals surface area contributed by atoms with Crippen LogP contribution in [0.1, 0.15) is 0 Å². The third kappa shape index (κ3) is 1.89. The zero-order valence-electron chi connectivity index (χ0n) is 5.90. The molecule has 0 aromatic heterocycles. The summed E-state index contributed by atoms with van der Waals surface area (Å²) in [7, 11) is 2.96. The normalized spacial score (nSPS) is 34.2. The maximum absolute atomic E-state index is 4.94. The molecule has 0 saturated carbocycles. The van der Waals surface area contributed by atoms with Gasteiger partial charge in [0.2, 0.25) is 6.29 Å². The largest absolute Gasteiger partial charge is 0.351 e.